The number of esters is 2. The first kappa shape index (κ1) is 51.1. The minimum atomic E-state index is -4.19. The van der Waals surface area contributed by atoms with Gasteiger partial charge >= 0.3 is 25.8 Å². The van der Waals surface area contributed by atoms with E-state index in [0.29, 0.717) is 29.6 Å². The van der Waals surface area contributed by atoms with E-state index in [9.17, 15) is 23.7 Å². The Hall–Kier alpha value is -5.53. The number of anilines is 3. The fourth-order valence-corrected chi connectivity index (χ4v) is 7.93. The highest BCUT2D eigenvalue weighted by Crippen LogP contribution is 2.52. The van der Waals surface area contributed by atoms with E-state index in [4.69, 9.17) is 23.0 Å². The molecule has 0 saturated carbocycles. The van der Waals surface area contributed by atoms with Gasteiger partial charge in [0.25, 0.3) is 0 Å². The van der Waals surface area contributed by atoms with Crippen LogP contribution in [0, 0.1) is 18.8 Å². The highest BCUT2D eigenvalue weighted by Gasteiger charge is 2.32. The fourth-order valence-electron chi connectivity index (χ4n) is 6.63. The molecule has 0 spiro atoms. The molecule has 3 N–H and O–H groups in total. The zero-order valence-corrected chi connectivity index (χ0v) is 39.1. The third-order valence-corrected chi connectivity index (χ3v) is 11.3. The minimum absolute atomic E-state index is 0.0257. The first-order chi connectivity index (χ1) is 30.6. The maximum atomic E-state index is 13.6. The first-order valence-corrected chi connectivity index (χ1v) is 23.4. The molecule has 0 aliphatic heterocycles. The second kappa shape index (κ2) is 26.3. The zero-order chi connectivity index (χ0) is 46.5. The molecular weight excluding hydrogens is 836 g/mol. The smallest absolute Gasteiger partial charge is 0.428 e. The normalized spacial score (nSPS) is 12.3. The summed E-state index contributed by atoms with van der Waals surface area (Å²) in [5, 5.41) is 8.64. The van der Waals surface area contributed by atoms with Crippen LogP contribution in [0.3, 0.4) is 0 Å². The predicted molar refractivity (Wildman–Crippen MR) is 250 cm³/mol. The lowest BCUT2D eigenvalue weighted by atomic mass is 9.92. The van der Waals surface area contributed by atoms with Gasteiger partial charge in [-0.3, -0.25) is 28.0 Å². The number of hydrogen-bond donors (Lipinski definition) is 3. The molecule has 0 aromatic heterocycles. The van der Waals surface area contributed by atoms with Crippen LogP contribution in [0.5, 0.6) is 0 Å². The molecule has 4 aromatic rings. The number of ether oxygens (including phenoxy) is 2. The Bertz CT molecular complexity index is 2060. The van der Waals surface area contributed by atoms with Crippen molar-refractivity contribution in [2.24, 2.45) is 11.8 Å². The largest absolute Gasteiger partial charge is 0.476 e. The number of nitrogens with one attached hydrogen (secondary N) is 3. The van der Waals surface area contributed by atoms with Crippen molar-refractivity contribution < 1.29 is 46.8 Å². The molecule has 4 rings (SSSR count). The summed E-state index contributed by atoms with van der Waals surface area (Å²) >= 11 is 0. The molecule has 3 amide bonds. The Morgan fingerprint density at radius 2 is 1.30 bits per heavy atom. The average Bonchev–Trinajstić information content (AvgIpc) is 3.26. The second-order valence-electron chi connectivity index (χ2n) is 16.5. The summed E-state index contributed by atoms with van der Waals surface area (Å²) in [7, 11) is -4.19. The van der Waals surface area contributed by atoms with Crippen LogP contribution in [-0.4, -0.2) is 56.4 Å². The number of benzene rings is 4. The van der Waals surface area contributed by atoms with Crippen molar-refractivity contribution in [3.63, 3.8) is 0 Å². The summed E-state index contributed by atoms with van der Waals surface area (Å²) in [4.78, 5) is 53.9. The van der Waals surface area contributed by atoms with Crippen LogP contribution in [0.4, 0.5) is 21.9 Å². The van der Waals surface area contributed by atoms with Crippen LogP contribution in [0.25, 0.3) is 0 Å². The lowest BCUT2D eigenvalue weighted by Crippen LogP contribution is -2.35. The Labute approximate surface area is 378 Å². The molecule has 0 aliphatic carbocycles. The Morgan fingerprint density at radius 1 is 0.719 bits per heavy atom. The quantitative estimate of drug-likeness (QED) is 0.0237. The summed E-state index contributed by atoms with van der Waals surface area (Å²) in [6.45, 7) is 15.0. The molecule has 0 fully saturated rings. The standard InChI is InChI=1S/C49H65N4O10P/c1-8-41(42-23-26-45(53(30-35(2)3)31-36(4)5)44(28-42)52-49(57)51-43-24-21-37(6)22-25-43)29-47(55)60-34-59-46(54)20-15-27-50-48(56)38(7)63-64(58,61-32-39-16-11-9-12-17-39)62-33-40-18-13-10-14-19-40/h9-14,16-19,21-26,28,35-36,38,41H,8,15,20,27,29-34H2,1-7H3,(H,50,56)(H2,51,52,57). The van der Waals surface area contributed by atoms with Crippen LogP contribution in [0.2, 0.25) is 0 Å². The van der Waals surface area contributed by atoms with Gasteiger partial charge in [-0.2, -0.15) is 0 Å². The predicted octanol–water partition coefficient (Wildman–Crippen LogP) is 10.5. The summed E-state index contributed by atoms with van der Waals surface area (Å²) < 4.78 is 40.9. The fraction of sp³-hybridized carbons (Fsp3) is 0.429. The van der Waals surface area contributed by atoms with Gasteiger partial charge < -0.3 is 30.3 Å². The molecule has 4 aromatic carbocycles. The lowest BCUT2D eigenvalue weighted by Gasteiger charge is -2.31. The Morgan fingerprint density at radius 3 is 1.86 bits per heavy atom. The van der Waals surface area contributed by atoms with E-state index in [1.807, 2.05) is 92.7 Å². The number of amides is 3. The van der Waals surface area contributed by atoms with E-state index in [-0.39, 0.29) is 51.0 Å². The summed E-state index contributed by atoms with van der Waals surface area (Å²) in [5.41, 5.74) is 5.61. The molecule has 0 radical (unpaired) electrons. The maximum absolute atomic E-state index is 13.6. The molecular formula is C49H65N4O10P. The first-order valence-electron chi connectivity index (χ1n) is 21.9. The van der Waals surface area contributed by atoms with E-state index in [1.54, 1.807) is 24.3 Å². The van der Waals surface area contributed by atoms with E-state index < -0.39 is 38.6 Å². The van der Waals surface area contributed by atoms with E-state index >= 15 is 0 Å². The SMILES string of the molecule is CCC(CC(=O)OCOC(=O)CCCNC(=O)C(C)OP(=O)(OCc1ccccc1)OCc1ccccc1)c1ccc(N(CC(C)C)CC(C)C)c(NC(=O)Nc2ccc(C)cc2)c1. The maximum Gasteiger partial charge on any atom is 0.476 e. The molecule has 2 unspecified atom stereocenters. The highest BCUT2D eigenvalue weighted by molar-refractivity contribution is 7.48. The monoisotopic (exact) mass is 900 g/mol. The van der Waals surface area contributed by atoms with E-state index in [2.05, 4.69) is 48.5 Å². The zero-order valence-electron chi connectivity index (χ0n) is 38.2. The molecule has 0 saturated heterocycles. The minimum Gasteiger partial charge on any atom is -0.428 e. The Kier molecular flexibility index (Phi) is 21.0. The van der Waals surface area contributed by atoms with Gasteiger partial charge in [0.15, 0.2) is 0 Å². The highest BCUT2D eigenvalue weighted by atomic mass is 31.2. The molecule has 0 heterocycles. The summed E-state index contributed by atoms with van der Waals surface area (Å²) in [6, 6.07) is 31.3. The third kappa shape index (κ3) is 18.3. The Balaban J connectivity index is 1.25. The van der Waals surface area contributed by atoms with Crippen molar-refractivity contribution in [3.8, 4) is 0 Å². The summed E-state index contributed by atoms with van der Waals surface area (Å²) in [5.74, 6) is -1.23. The van der Waals surface area contributed by atoms with Crippen molar-refractivity contribution in [3.05, 3.63) is 125 Å². The van der Waals surface area contributed by atoms with Crippen molar-refractivity contribution >= 4 is 48.8 Å². The van der Waals surface area contributed by atoms with Gasteiger partial charge in [0, 0.05) is 31.7 Å². The van der Waals surface area contributed by atoms with Crippen LogP contribution < -0.4 is 20.9 Å². The van der Waals surface area contributed by atoms with Gasteiger partial charge in [0.05, 0.1) is 31.0 Å². The van der Waals surface area contributed by atoms with Gasteiger partial charge in [-0.05, 0) is 85.4 Å². The van der Waals surface area contributed by atoms with Crippen molar-refractivity contribution in [1.82, 2.24) is 5.32 Å². The number of aryl methyl sites for hydroxylation is 1. The molecule has 14 nitrogen and oxygen atoms in total. The molecule has 346 valence electrons. The number of urea groups is 1. The topological polar surface area (TPSA) is 171 Å². The van der Waals surface area contributed by atoms with E-state index in [1.165, 1.54) is 6.92 Å². The number of nitrogens with zero attached hydrogens (tertiary/aromatic N) is 1. The number of hydrogen-bond acceptors (Lipinski definition) is 11. The second-order valence-corrected chi connectivity index (χ2v) is 18.1. The van der Waals surface area contributed by atoms with Crippen molar-refractivity contribution in [2.75, 3.05) is 42.0 Å². The van der Waals surface area contributed by atoms with Crippen LogP contribution in [0.1, 0.15) is 95.4 Å². The molecule has 0 bridgehead atoms. The average molecular weight is 901 g/mol. The number of carbonyl (C=O) groups is 4. The van der Waals surface area contributed by atoms with Crippen LogP contribution in [-0.2, 0) is 55.2 Å². The van der Waals surface area contributed by atoms with Crippen molar-refractivity contribution in [2.45, 2.75) is 99.4 Å². The lowest BCUT2D eigenvalue weighted by molar-refractivity contribution is -0.167. The van der Waals surface area contributed by atoms with Crippen molar-refractivity contribution in [1.29, 1.82) is 0 Å². The van der Waals surface area contributed by atoms with Gasteiger partial charge in [0.2, 0.25) is 12.7 Å². The molecule has 0 aliphatic rings. The third-order valence-electron chi connectivity index (χ3n) is 9.88. The van der Waals surface area contributed by atoms with Crippen LogP contribution in [0.15, 0.2) is 103 Å². The number of phosphoric ester groups is 1. The van der Waals surface area contributed by atoms with Gasteiger partial charge in [-0.25, -0.2) is 9.36 Å². The van der Waals surface area contributed by atoms with Gasteiger partial charge in [0.1, 0.15) is 6.10 Å². The number of carbonyl (C=O) groups excluding carboxylic acids is 4. The summed E-state index contributed by atoms with van der Waals surface area (Å²) in [6.07, 6.45) is -0.411. The van der Waals surface area contributed by atoms with E-state index in [0.717, 1.165) is 41.0 Å². The molecule has 2 atom stereocenters. The van der Waals surface area contributed by atoms with Gasteiger partial charge in [-0.15, -0.1) is 0 Å². The molecule has 15 heteroatoms. The molecule has 64 heavy (non-hydrogen) atoms. The number of rotatable bonds is 26. The van der Waals surface area contributed by atoms with Crippen LogP contribution >= 0.6 is 7.82 Å². The van der Waals surface area contributed by atoms with Gasteiger partial charge in [-0.1, -0.05) is 119 Å². The number of phosphoric acid groups is 1.